The first-order valence-corrected chi connectivity index (χ1v) is 11.1. The second-order valence-electron chi connectivity index (χ2n) is 7.42. The molecule has 158 valence electrons. The Balaban J connectivity index is 1.32. The average Bonchev–Trinajstić information content (AvgIpc) is 3.35. The summed E-state index contributed by atoms with van der Waals surface area (Å²) in [6.07, 6.45) is 1.41. The molecule has 0 unspecified atom stereocenters. The van der Waals surface area contributed by atoms with Gasteiger partial charge in [0.1, 0.15) is 0 Å². The molecule has 0 aliphatic carbocycles. The highest BCUT2D eigenvalue weighted by molar-refractivity contribution is 7.12. The fourth-order valence-corrected chi connectivity index (χ4v) is 4.22. The van der Waals surface area contributed by atoms with Crippen LogP contribution < -0.4 is 10.6 Å². The van der Waals surface area contributed by atoms with E-state index in [1.54, 1.807) is 47.4 Å². The molecular weight excluding hydrogens is 410 g/mol. The first-order valence-electron chi connectivity index (χ1n) is 10.2. The van der Waals surface area contributed by atoms with Gasteiger partial charge in [-0.1, -0.05) is 30.3 Å². The Morgan fingerprint density at radius 3 is 2.29 bits per heavy atom. The highest BCUT2D eigenvalue weighted by Gasteiger charge is 2.25. The number of hydrogen-bond donors (Lipinski definition) is 2. The zero-order valence-electron chi connectivity index (χ0n) is 16.9. The Kier molecular flexibility index (Phi) is 6.43. The number of anilines is 1. The summed E-state index contributed by atoms with van der Waals surface area (Å²) < 4.78 is 0. The van der Waals surface area contributed by atoms with Crippen molar-refractivity contribution in [1.82, 2.24) is 10.2 Å². The van der Waals surface area contributed by atoms with Gasteiger partial charge in [0.15, 0.2) is 0 Å². The second kappa shape index (κ2) is 9.57. The summed E-state index contributed by atoms with van der Waals surface area (Å²) in [5.41, 5.74) is 1.77. The molecule has 2 aromatic carbocycles. The second-order valence-corrected chi connectivity index (χ2v) is 8.37. The lowest BCUT2D eigenvalue weighted by Gasteiger charge is -2.32. The monoisotopic (exact) mass is 433 g/mol. The SMILES string of the molecule is O=C(NC1CCN(C(=O)c2cccc(NC(=O)c3cccs3)c2)CC1)c1ccccc1. The van der Waals surface area contributed by atoms with E-state index in [4.69, 9.17) is 0 Å². The van der Waals surface area contributed by atoms with Crippen LogP contribution in [0.3, 0.4) is 0 Å². The van der Waals surface area contributed by atoms with Gasteiger partial charge in [-0.3, -0.25) is 14.4 Å². The maximum Gasteiger partial charge on any atom is 0.265 e. The molecule has 3 aromatic rings. The predicted molar refractivity (Wildman–Crippen MR) is 122 cm³/mol. The number of nitrogens with zero attached hydrogens (tertiary/aromatic N) is 1. The smallest absolute Gasteiger partial charge is 0.265 e. The van der Waals surface area contributed by atoms with E-state index >= 15 is 0 Å². The fourth-order valence-electron chi connectivity index (χ4n) is 3.60. The summed E-state index contributed by atoms with van der Waals surface area (Å²) in [6.45, 7) is 1.15. The maximum atomic E-state index is 12.9. The first kappa shape index (κ1) is 20.8. The number of piperidine rings is 1. The Hall–Kier alpha value is -3.45. The number of thiophene rings is 1. The lowest BCUT2D eigenvalue weighted by atomic mass is 10.0. The Morgan fingerprint density at radius 1 is 0.839 bits per heavy atom. The van der Waals surface area contributed by atoms with E-state index in [2.05, 4.69) is 10.6 Å². The third kappa shape index (κ3) is 5.19. The zero-order chi connectivity index (χ0) is 21.6. The van der Waals surface area contributed by atoms with Crippen LogP contribution in [0, 0.1) is 0 Å². The molecule has 0 bridgehead atoms. The Morgan fingerprint density at radius 2 is 1.58 bits per heavy atom. The van der Waals surface area contributed by atoms with Crippen LogP contribution in [0.25, 0.3) is 0 Å². The standard InChI is InChI=1S/C24H23N3O3S/c28-22(17-6-2-1-3-7-17)25-19-11-13-27(14-12-19)24(30)18-8-4-9-20(16-18)26-23(29)21-10-5-15-31-21/h1-10,15-16,19H,11-14H2,(H,25,28)(H,26,29). The van der Waals surface area contributed by atoms with Crippen molar-refractivity contribution < 1.29 is 14.4 Å². The third-order valence-electron chi connectivity index (χ3n) is 5.27. The molecule has 6 nitrogen and oxygen atoms in total. The molecule has 0 atom stereocenters. The van der Waals surface area contributed by atoms with Crippen molar-refractivity contribution in [2.45, 2.75) is 18.9 Å². The number of amides is 3. The first-order chi connectivity index (χ1) is 15.1. The summed E-state index contributed by atoms with van der Waals surface area (Å²) >= 11 is 1.37. The van der Waals surface area contributed by atoms with Crippen LogP contribution in [0.4, 0.5) is 5.69 Å². The maximum absolute atomic E-state index is 12.9. The Bertz CT molecular complexity index is 1060. The fraction of sp³-hybridized carbons (Fsp3) is 0.208. The lowest BCUT2D eigenvalue weighted by molar-refractivity contribution is 0.0697. The summed E-state index contributed by atoms with van der Waals surface area (Å²) in [7, 11) is 0. The van der Waals surface area contributed by atoms with Gasteiger partial charge in [-0.25, -0.2) is 0 Å². The van der Waals surface area contributed by atoms with Gasteiger partial charge in [0.05, 0.1) is 4.88 Å². The van der Waals surface area contributed by atoms with Crippen molar-refractivity contribution in [3.63, 3.8) is 0 Å². The van der Waals surface area contributed by atoms with Crippen LogP contribution in [0.1, 0.15) is 43.2 Å². The van der Waals surface area contributed by atoms with E-state index in [9.17, 15) is 14.4 Å². The van der Waals surface area contributed by atoms with Crippen LogP contribution in [0.2, 0.25) is 0 Å². The lowest BCUT2D eigenvalue weighted by Crippen LogP contribution is -2.46. The minimum atomic E-state index is -0.186. The minimum Gasteiger partial charge on any atom is -0.349 e. The number of nitrogens with one attached hydrogen (secondary N) is 2. The van der Waals surface area contributed by atoms with Gasteiger partial charge >= 0.3 is 0 Å². The molecule has 1 aromatic heterocycles. The molecule has 2 heterocycles. The largest absolute Gasteiger partial charge is 0.349 e. The quantitative estimate of drug-likeness (QED) is 0.638. The van der Waals surface area contributed by atoms with E-state index in [0.717, 1.165) is 0 Å². The molecule has 1 aliphatic rings. The molecule has 1 fully saturated rings. The van der Waals surface area contributed by atoms with Crippen molar-refractivity contribution >= 4 is 34.7 Å². The zero-order valence-corrected chi connectivity index (χ0v) is 17.7. The van der Waals surface area contributed by atoms with Crippen molar-refractivity contribution in [2.75, 3.05) is 18.4 Å². The van der Waals surface area contributed by atoms with Crippen molar-refractivity contribution in [1.29, 1.82) is 0 Å². The van der Waals surface area contributed by atoms with Crippen LogP contribution in [-0.4, -0.2) is 41.8 Å². The van der Waals surface area contributed by atoms with Crippen LogP contribution in [0.15, 0.2) is 72.1 Å². The van der Waals surface area contributed by atoms with E-state index in [1.165, 1.54) is 11.3 Å². The van der Waals surface area contributed by atoms with E-state index in [-0.39, 0.29) is 23.8 Å². The number of benzene rings is 2. The number of likely N-dealkylation sites (tertiary alicyclic amines) is 1. The minimum absolute atomic E-state index is 0.0492. The van der Waals surface area contributed by atoms with Crippen LogP contribution >= 0.6 is 11.3 Å². The summed E-state index contributed by atoms with van der Waals surface area (Å²) in [6, 6.07) is 19.8. The van der Waals surface area contributed by atoms with Crippen molar-refractivity contribution in [2.24, 2.45) is 0 Å². The molecule has 0 radical (unpaired) electrons. The predicted octanol–water partition coefficient (Wildman–Crippen LogP) is 4.04. The number of rotatable bonds is 5. The molecule has 2 N–H and O–H groups in total. The highest BCUT2D eigenvalue weighted by Crippen LogP contribution is 2.19. The topological polar surface area (TPSA) is 78.5 Å². The van der Waals surface area contributed by atoms with E-state index in [1.807, 2.05) is 29.6 Å². The van der Waals surface area contributed by atoms with E-state index in [0.29, 0.717) is 47.6 Å². The van der Waals surface area contributed by atoms with E-state index < -0.39 is 0 Å². The van der Waals surface area contributed by atoms with Gasteiger partial charge in [0.25, 0.3) is 17.7 Å². The Labute approximate surface area is 184 Å². The summed E-state index contributed by atoms with van der Waals surface area (Å²) in [5.74, 6) is -0.339. The molecule has 7 heteroatoms. The van der Waals surface area contributed by atoms with Crippen LogP contribution in [0.5, 0.6) is 0 Å². The van der Waals surface area contributed by atoms with Crippen molar-refractivity contribution in [3.05, 3.63) is 88.1 Å². The molecule has 1 saturated heterocycles. The van der Waals surface area contributed by atoms with Gasteiger partial charge < -0.3 is 15.5 Å². The third-order valence-corrected chi connectivity index (χ3v) is 6.13. The van der Waals surface area contributed by atoms with Gasteiger partial charge in [-0.15, -0.1) is 11.3 Å². The molecule has 31 heavy (non-hydrogen) atoms. The van der Waals surface area contributed by atoms with Crippen LogP contribution in [-0.2, 0) is 0 Å². The molecule has 4 rings (SSSR count). The number of carbonyl (C=O) groups excluding carboxylic acids is 3. The molecule has 0 saturated carbocycles. The van der Waals surface area contributed by atoms with Gasteiger partial charge in [-0.05, 0) is 54.6 Å². The average molecular weight is 434 g/mol. The number of carbonyl (C=O) groups is 3. The highest BCUT2D eigenvalue weighted by atomic mass is 32.1. The van der Waals surface area contributed by atoms with Crippen molar-refractivity contribution in [3.8, 4) is 0 Å². The number of hydrogen-bond acceptors (Lipinski definition) is 4. The summed E-state index contributed by atoms with van der Waals surface area (Å²) in [4.78, 5) is 40.0. The molecular formula is C24H23N3O3S. The molecule has 0 spiro atoms. The summed E-state index contributed by atoms with van der Waals surface area (Å²) in [5, 5.41) is 7.74. The molecule has 3 amide bonds. The molecule has 1 aliphatic heterocycles. The van der Waals surface area contributed by atoms with Gasteiger partial charge in [0.2, 0.25) is 0 Å². The van der Waals surface area contributed by atoms with Gasteiger partial charge in [-0.2, -0.15) is 0 Å². The van der Waals surface area contributed by atoms with Gasteiger partial charge in [0, 0.05) is 35.9 Å². The normalized spacial score (nSPS) is 14.1.